The molecule has 0 saturated carbocycles. The molecule has 0 fully saturated rings. The Morgan fingerprint density at radius 1 is 1.44 bits per heavy atom. The second kappa shape index (κ2) is 5.16. The molecular formula is C12H12N2O3S. The lowest BCUT2D eigenvalue weighted by molar-refractivity contribution is -0.138. The molecule has 0 aliphatic heterocycles. The highest BCUT2D eigenvalue weighted by atomic mass is 32.1. The largest absolute Gasteiger partial charge is 0.497 e. The SMILES string of the molecule is COc1ccc(-c2csc(C(N)C(=O)O)n2)cc1. The smallest absolute Gasteiger partial charge is 0.327 e. The van der Waals surface area contributed by atoms with Crippen LogP contribution in [0.15, 0.2) is 29.6 Å². The van der Waals surface area contributed by atoms with Gasteiger partial charge in [-0.1, -0.05) is 0 Å². The van der Waals surface area contributed by atoms with Crippen LogP contribution in [0.5, 0.6) is 5.75 Å². The fourth-order valence-corrected chi connectivity index (χ4v) is 2.25. The summed E-state index contributed by atoms with van der Waals surface area (Å²) in [4.78, 5) is 15.0. The molecule has 0 radical (unpaired) electrons. The van der Waals surface area contributed by atoms with Crippen molar-refractivity contribution in [3.8, 4) is 17.0 Å². The first-order valence-corrected chi connectivity index (χ1v) is 6.08. The van der Waals surface area contributed by atoms with Gasteiger partial charge in [0.2, 0.25) is 0 Å². The van der Waals surface area contributed by atoms with Crippen molar-refractivity contribution in [2.75, 3.05) is 7.11 Å². The number of hydrogen-bond acceptors (Lipinski definition) is 5. The standard InChI is InChI=1S/C12H12N2O3S/c1-17-8-4-2-7(3-5-8)9-6-18-11(14-9)10(13)12(15)16/h2-6,10H,13H2,1H3,(H,15,16). The predicted octanol–water partition coefficient (Wildman–Crippen LogP) is 1.90. The lowest BCUT2D eigenvalue weighted by Gasteiger charge is -2.01. The summed E-state index contributed by atoms with van der Waals surface area (Å²) in [6.07, 6.45) is 0. The summed E-state index contributed by atoms with van der Waals surface area (Å²) < 4.78 is 5.06. The van der Waals surface area contributed by atoms with Crippen molar-refractivity contribution in [3.63, 3.8) is 0 Å². The number of rotatable bonds is 4. The normalized spacial score (nSPS) is 12.1. The van der Waals surface area contributed by atoms with E-state index in [1.54, 1.807) is 12.5 Å². The monoisotopic (exact) mass is 264 g/mol. The number of aliphatic carboxylic acids is 1. The number of methoxy groups -OCH3 is 1. The molecule has 0 amide bonds. The Labute approximate surface area is 108 Å². The van der Waals surface area contributed by atoms with Crippen LogP contribution in [0.1, 0.15) is 11.0 Å². The Kier molecular flexibility index (Phi) is 3.59. The number of benzene rings is 1. The summed E-state index contributed by atoms with van der Waals surface area (Å²) in [5, 5.41) is 11.0. The molecule has 2 rings (SSSR count). The van der Waals surface area contributed by atoms with E-state index in [0.717, 1.165) is 11.3 Å². The first kappa shape index (κ1) is 12.5. The van der Waals surface area contributed by atoms with Crippen molar-refractivity contribution in [2.24, 2.45) is 5.73 Å². The Morgan fingerprint density at radius 3 is 2.67 bits per heavy atom. The molecule has 1 aromatic carbocycles. The molecule has 5 nitrogen and oxygen atoms in total. The van der Waals surface area contributed by atoms with Crippen LogP contribution in [0.2, 0.25) is 0 Å². The van der Waals surface area contributed by atoms with Crippen molar-refractivity contribution >= 4 is 17.3 Å². The molecule has 1 heterocycles. The van der Waals surface area contributed by atoms with Gasteiger partial charge in [0.25, 0.3) is 0 Å². The van der Waals surface area contributed by atoms with Gasteiger partial charge in [-0.15, -0.1) is 11.3 Å². The molecule has 94 valence electrons. The van der Waals surface area contributed by atoms with Crippen molar-refractivity contribution in [3.05, 3.63) is 34.7 Å². The average molecular weight is 264 g/mol. The summed E-state index contributed by atoms with van der Waals surface area (Å²) in [5.74, 6) is -0.318. The van der Waals surface area contributed by atoms with E-state index >= 15 is 0 Å². The molecule has 18 heavy (non-hydrogen) atoms. The lowest BCUT2D eigenvalue weighted by atomic mass is 10.2. The van der Waals surface area contributed by atoms with Gasteiger partial charge in [0, 0.05) is 10.9 Å². The fourth-order valence-electron chi connectivity index (χ4n) is 1.43. The van der Waals surface area contributed by atoms with Gasteiger partial charge in [-0.2, -0.15) is 0 Å². The molecule has 0 bridgehead atoms. The summed E-state index contributed by atoms with van der Waals surface area (Å²) >= 11 is 1.24. The van der Waals surface area contributed by atoms with E-state index in [-0.39, 0.29) is 0 Å². The quantitative estimate of drug-likeness (QED) is 0.881. The van der Waals surface area contributed by atoms with Crippen LogP contribution < -0.4 is 10.5 Å². The van der Waals surface area contributed by atoms with Gasteiger partial charge in [0.15, 0.2) is 6.04 Å². The molecule has 0 aliphatic rings. The van der Waals surface area contributed by atoms with Gasteiger partial charge in [0.05, 0.1) is 12.8 Å². The zero-order chi connectivity index (χ0) is 13.1. The molecule has 3 N–H and O–H groups in total. The van der Waals surface area contributed by atoms with Crippen molar-refractivity contribution < 1.29 is 14.6 Å². The number of hydrogen-bond donors (Lipinski definition) is 2. The molecule has 6 heteroatoms. The minimum atomic E-state index is -1.08. The van der Waals surface area contributed by atoms with Crippen molar-refractivity contribution in [2.45, 2.75) is 6.04 Å². The maximum Gasteiger partial charge on any atom is 0.327 e. The van der Waals surface area contributed by atoms with Gasteiger partial charge in [-0.05, 0) is 24.3 Å². The van der Waals surface area contributed by atoms with Gasteiger partial charge < -0.3 is 15.6 Å². The number of ether oxygens (including phenoxy) is 1. The molecule has 0 saturated heterocycles. The number of carbonyl (C=O) groups is 1. The summed E-state index contributed by atoms with van der Waals surface area (Å²) in [6, 6.07) is 6.31. The van der Waals surface area contributed by atoms with Crippen LogP contribution in [0.25, 0.3) is 11.3 Å². The number of nitrogens with zero attached hydrogens (tertiary/aromatic N) is 1. The minimum Gasteiger partial charge on any atom is -0.497 e. The van der Waals surface area contributed by atoms with E-state index in [1.165, 1.54) is 11.3 Å². The van der Waals surface area contributed by atoms with E-state index in [0.29, 0.717) is 10.7 Å². The third-order valence-electron chi connectivity index (χ3n) is 2.44. The molecule has 1 aromatic heterocycles. The maximum atomic E-state index is 10.8. The van der Waals surface area contributed by atoms with Gasteiger partial charge >= 0.3 is 5.97 Å². The van der Waals surface area contributed by atoms with E-state index in [4.69, 9.17) is 15.6 Å². The molecular weight excluding hydrogens is 252 g/mol. The number of thiazole rings is 1. The number of carboxylic acids is 1. The van der Waals surface area contributed by atoms with Crippen LogP contribution in [0.3, 0.4) is 0 Å². The number of aromatic nitrogens is 1. The lowest BCUT2D eigenvalue weighted by Crippen LogP contribution is -2.20. The van der Waals surface area contributed by atoms with Crippen LogP contribution in [-0.2, 0) is 4.79 Å². The Morgan fingerprint density at radius 2 is 2.11 bits per heavy atom. The fraction of sp³-hybridized carbons (Fsp3) is 0.167. The Balaban J connectivity index is 2.26. The summed E-state index contributed by atoms with van der Waals surface area (Å²) in [6.45, 7) is 0. The van der Waals surface area contributed by atoms with Gasteiger partial charge in [-0.25, -0.2) is 4.98 Å². The molecule has 1 atom stereocenters. The van der Waals surface area contributed by atoms with Crippen molar-refractivity contribution in [1.82, 2.24) is 4.98 Å². The van der Waals surface area contributed by atoms with Crippen LogP contribution in [0, 0.1) is 0 Å². The molecule has 0 spiro atoms. The highest BCUT2D eigenvalue weighted by Gasteiger charge is 2.18. The second-order valence-electron chi connectivity index (χ2n) is 3.62. The van der Waals surface area contributed by atoms with Gasteiger partial charge in [0.1, 0.15) is 10.8 Å². The zero-order valence-electron chi connectivity index (χ0n) is 9.66. The highest BCUT2D eigenvalue weighted by molar-refractivity contribution is 7.10. The number of carboxylic acid groups (broad SMARTS) is 1. The highest BCUT2D eigenvalue weighted by Crippen LogP contribution is 2.26. The van der Waals surface area contributed by atoms with E-state index in [1.807, 2.05) is 24.3 Å². The third kappa shape index (κ3) is 2.49. The zero-order valence-corrected chi connectivity index (χ0v) is 10.5. The first-order valence-electron chi connectivity index (χ1n) is 5.20. The van der Waals surface area contributed by atoms with E-state index in [9.17, 15) is 4.79 Å². The minimum absolute atomic E-state index is 0.397. The molecule has 1 unspecified atom stereocenters. The topological polar surface area (TPSA) is 85.4 Å². The van der Waals surface area contributed by atoms with Crippen LogP contribution in [-0.4, -0.2) is 23.2 Å². The Bertz CT molecular complexity index is 551. The number of nitrogens with two attached hydrogens (primary N) is 1. The summed E-state index contributed by atoms with van der Waals surface area (Å²) in [5.41, 5.74) is 7.12. The van der Waals surface area contributed by atoms with E-state index in [2.05, 4.69) is 4.98 Å². The molecule has 2 aromatic rings. The van der Waals surface area contributed by atoms with Crippen molar-refractivity contribution in [1.29, 1.82) is 0 Å². The third-order valence-corrected chi connectivity index (χ3v) is 3.37. The summed E-state index contributed by atoms with van der Waals surface area (Å²) in [7, 11) is 1.60. The van der Waals surface area contributed by atoms with Crippen LogP contribution >= 0.6 is 11.3 Å². The first-order chi connectivity index (χ1) is 8.61. The average Bonchev–Trinajstić information content (AvgIpc) is 2.87. The van der Waals surface area contributed by atoms with Gasteiger partial charge in [-0.3, -0.25) is 4.79 Å². The maximum absolute atomic E-state index is 10.8. The second-order valence-corrected chi connectivity index (χ2v) is 4.51. The Hall–Kier alpha value is -1.92. The van der Waals surface area contributed by atoms with E-state index < -0.39 is 12.0 Å². The molecule has 0 aliphatic carbocycles. The predicted molar refractivity (Wildman–Crippen MR) is 68.7 cm³/mol. The van der Waals surface area contributed by atoms with Crippen LogP contribution in [0.4, 0.5) is 0 Å².